The topological polar surface area (TPSA) is 15.3 Å². The fourth-order valence-corrected chi connectivity index (χ4v) is 3.65. The molecular weight excluding hydrogens is 208 g/mol. The monoisotopic (exact) mass is 236 g/mol. The summed E-state index contributed by atoms with van der Waals surface area (Å²) in [6.45, 7) is 8.73. The molecule has 3 aliphatic rings. The van der Waals surface area contributed by atoms with Crippen LogP contribution in [-0.2, 0) is 0 Å². The molecule has 2 nitrogen and oxygen atoms in total. The third-order valence-corrected chi connectivity index (χ3v) is 5.56. The van der Waals surface area contributed by atoms with Crippen LogP contribution in [0, 0.1) is 11.8 Å². The Kier molecular flexibility index (Phi) is 3.20. The summed E-state index contributed by atoms with van der Waals surface area (Å²) < 4.78 is 0. The van der Waals surface area contributed by atoms with Crippen molar-refractivity contribution in [3.63, 3.8) is 0 Å². The van der Waals surface area contributed by atoms with E-state index >= 15 is 0 Å². The van der Waals surface area contributed by atoms with E-state index in [0.29, 0.717) is 5.54 Å². The van der Waals surface area contributed by atoms with Crippen LogP contribution in [0.5, 0.6) is 0 Å². The zero-order valence-electron chi connectivity index (χ0n) is 11.5. The van der Waals surface area contributed by atoms with Crippen LogP contribution >= 0.6 is 0 Å². The molecule has 17 heavy (non-hydrogen) atoms. The van der Waals surface area contributed by atoms with Crippen LogP contribution in [0.15, 0.2) is 0 Å². The fourth-order valence-electron chi connectivity index (χ4n) is 3.65. The van der Waals surface area contributed by atoms with Gasteiger partial charge in [0.1, 0.15) is 0 Å². The van der Waals surface area contributed by atoms with Gasteiger partial charge in [-0.25, -0.2) is 0 Å². The predicted octanol–water partition coefficient (Wildman–Crippen LogP) is 2.64. The summed E-state index contributed by atoms with van der Waals surface area (Å²) in [4.78, 5) is 2.86. The highest BCUT2D eigenvalue weighted by molar-refractivity contribution is 5.05. The Balaban J connectivity index is 1.67. The van der Waals surface area contributed by atoms with Crippen molar-refractivity contribution in [2.75, 3.05) is 19.6 Å². The second kappa shape index (κ2) is 4.55. The van der Waals surface area contributed by atoms with E-state index in [4.69, 9.17) is 0 Å². The molecule has 0 spiro atoms. The molecule has 3 rings (SSSR count). The highest BCUT2D eigenvalue weighted by Crippen LogP contribution is 2.45. The first kappa shape index (κ1) is 12.0. The van der Waals surface area contributed by atoms with Gasteiger partial charge in [0.2, 0.25) is 0 Å². The van der Waals surface area contributed by atoms with Gasteiger partial charge in [0.05, 0.1) is 0 Å². The number of hydrogen-bond acceptors (Lipinski definition) is 2. The van der Waals surface area contributed by atoms with Crippen LogP contribution in [0.1, 0.15) is 52.4 Å². The van der Waals surface area contributed by atoms with Gasteiger partial charge < -0.3 is 5.32 Å². The molecule has 0 aromatic heterocycles. The van der Waals surface area contributed by atoms with Crippen molar-refractivity contribution in [2.45, 2.75) is 64.0 Å². The third kappa shape index (κ3) is 2.26. The molecule has 2 aliphatic carbocycles. The molecule has 2 saturated carbocycles. The molecule has 1 N–H and O–H groups in total. The Morgan fingerprint density at radius 3 is 2.53 bits per heavy atom. The molecule has 2 atom stereocenters. The van der Waals surface area contributed by atoms with Gasteiger partial charge in [-0.2, -0.15) is 0 Å². The van der Waals surface area contributed by atoms with Gasteiger partial charge in [0, 0.05) is 31.2 Å². The Morgan fingerprint density at radius 1 is 1.24 bits per heavy atom. The molecule has 1 saturated heterocycles. The van der Waals surface area contributed by atoms with E-state index in [-0.39, 0.29) is 0 Å². The van der Waals surface area contributed by atoms with Crippen molar-refractivity contribution < 1.29 is 0 Å². The lowest BCUT2D eigenvalue weighted by Gasteiger charge is -2.50. The molecular formula is C15H28N2. The van der Waals surface area contributed by atoms with E-state index < -0.39 is 0 Å². The summed E-state index contributed by atoms with van der Waals surface area (Å²) in [5.41, 5.74) is 0.473. The van der Waals surface area contributed by atoms with Crippen LogP contribution in [0.25, 0.3) is 0 Å². The van der Waals surface area contributed by atoms with Crippen LogP contribution in [0.4, 0.5) is 0 Å². The molecule has 1 heterocycles. The molecule has 0 bridgehead atoms. The Morgan fingerprint density at radius 2 is 2.00 bits per heavy atom. The minimum absolute atomic E-state index is 0.473. The lowest BCUT2D eigenvalue weighted by Crippen LogP contribution is -2.65. The SMILES string of the molecule is CCC1CN(CC2CCC2)C(C)(C2CC2)CN1. The lowest BCUT2D eigenvalue weighted by atomic mass is 9.82. The molecule has 0 amide bonds. The Bertz CT molecular complexity index is 268. The van der Waals surface area contributed by atoms with Gasteiger partial charge >= 0.3 is 0 Å². The van der Waals surface area contributed by atoms with Gasteiger partial charge in [0.25, 0.3) is 0 Å². The van der Waals surface area contributed by atoms with E-state index in [1.165, 1.54) is 58.2 Å². The largest absolute Gasteiger partial charge is 0.311 e. The third-order valence-electron chi connectivity index (χ3n) is 5.56. The fraction of sp³-hybridized carbons (Fsp3) is 1.00. The molecule has 0 radical (unpaired) electrons. The van der Waals surface area contributed by atoms with Crippen molar-refractivity contribution in [2.24, 2.45) is 11.8 Å². The summed E-state index contributed by atoms with van der Waals surface area (Å²) in [5, 5.41) is 3.78. The van der Waals surface area contributed by atoms with Crippen LogP contribution in [0.3, 0.4) is 0 Å². The van der Waals surface area contributed by atoms with Gasteiger partial charge in [-0.05, 0) is 50.9 Å². The molecule has 98 valence electrons. The minimum Gasteiger partial charge on any atom is -0.311 e. The summed E-state index contributed by atoms with van der Waals surface area (Å²) in [7, 11) is 0. The van der Waals surface area contributed by atoms with Crippen molar-refractivity contribution in [1.29, 1.82) is 0 Å². The van der Waals surface area contributed by atoms with Gasteiger partial charge in [-0.1, -0.05) is 13.3 Å². The van der Waals surface area contributed by atoms with Gasteiger partial charge in [-0.3, -0.25) is 4.90 Å². The molecule has 0 aromatic rings. The van der Waals surface area contributed by atoms with Crippen LogP contribution in [0.2, 0.25) is 0 Å². The second-order valence-electron chi connectivity index (χ2n) is 6.82. The standard InChI is InChI=1S/C15H28N2/c1-3-14-10-17(9-12-5-4-6-12)15(2,11-16-14)13-7-8-13/h12-14,16H,3-11H2,1-2H3. The maximum Gasteiger partial charge on any atom is 0.0334 e. The number of nitrogens with zero attached hydrogens (tertiary/aromatic N) is 1. The number of nitrogens with one attached hydrogen (secondary N) is 1. The molecule has 0 aromatic carbocycles. The second-order valence-corrected chi connectivity index (χ2v) is 6.82. The number of rotatable bonds is 4. The minimum atomic E-state index is 0.473. The first-order chi connectivity index (χ1) is 8.22. The Labute approximate surface area is 106 Å². The summed E-state index contributed by atoms with van der Waals surface area (Å²) in [6.07, 6.45) is 8.67. The van der Waals surface area contributed by atoms with Crippen molar-refractivity contribution in [1.82, 2.24) is 10.2 Å². The summed E-state index contributed by atoms with van der Waals surface area (Å²) in [5.74, 6) is 2.00. The van der Waals surface area contributed by atoms with Gasteiger partial charge in [-0.15, -0.1) is 0 Å². The number of piperazine rings is 1. The maximum absolute atomic E-state index is 3.78. The van der Waals surface area contributed by atoms with E-state index in [9.17, 15) is 0 Å². The van der Waals surface area contributed by atoms with Crippen molar-refractivity contribution in [3.8, 4) is 0 Å². The van der Waals surface area contributed by atoms with Crippen LogP contribution < -0.4 is 5.32 Å². The van der Waals surface area contributed by atoms with Crippen molar-refractivity contribution >= 4 is 0 Å². The van der Waals surface area contributed by atoms with Gasteiger partial charge in [0.15, 0.2) is 0 Å². The average molecular weight is 236 g/mol. The Hall–Kier alpha value is -0.0800. The zero-order chi connectivity index (χ0) is 11.9. The first-order valence-electron chi connectivity index (χ1n) is 7.71. The van der Waals surface area contributed by atoms with E-state index in [0.717, 1.165) is 17.9 Å². The van der Waals surface area contributed by atoms with E-state index in [2.05, 4.69) is 24.1 Å². The molecule has 1 aliphatic heterocycles. The highest BCUT2D eigenvalue weighted by atomic mass is 15.3. The molecule has 3 fully saturated rings. The summed E-state index contributed by atoms with van der Waals surface area (Å²) in [6, 6.07) is 0.738. The zero-order valence-corrected chi connectivity index (χ0v) is 11.5. The van der Waals surface area contributed by atoms with E-state index in [1.54, 1.807) is 0 Å². The molecule has 2 unspecified atom stereocenters. The average Bonchev–Trinajstić information content (AvgIpc) is 3.09. The smallest absolute Gasteiger partial charge is 0.0334 e. The lowest BCUT2D eigenvalue weighted by molar-refractivity contribution is 0.0103. The first-order valence-corrected chi connectivity index (χ1v) is 7.71. The normalized spacial score (nSPS) is 40.2. The quantitative estimate of drug-likeness (QED) is 0.807. The summed E-state index contributed by atoms with van der Waals surface area (Å²) >= 11 is 0. The van der Waals surface area contributed by atoms with Crippen molar-refractivity contribution in [3.05, 3.63) is 0 Å². The highest BCUT2D eigenvalue weighted by Gasteiger charge is 2.48. The predicted molar refractivity (Wildman–Crippen MR) is 72.1 cm³/mol. The number of hydrogen-bond donors (Lipinski definition) is 1. The van der Waals surface area contributed by atoms with E-state index in [1.807, 2.05) is 0 Å². The maximum atomic E-state index is 3.78. The molecule has 2 heteroatoms. The van der Waals surface area contributed by atoms with Crippen LogP contribution in [-0.4, -0.2) is 36.1 Å².